The zero-order valence-electron chi connectivity index (χ0n) is 18.3. The number of nitrogens with zero attached hydrogens (tertiary/aromatic N) is 3. The van der Waals surface area contributed by atoms with Crippen molar-refractivity contribution in [1.29, 1.82) is 0 Å². The highest BCUT2D eigenvalue weighted by Crippen LogP contribution is 2.24. The summed E-state index contributed by atoms with van der Waals surface area (Å²) < 4.78 is 5.31. The summed E-state index contributed by atoms with van der Waals surface area (Å²) in [5.41, 5.74) is 3.09. The molecule has 2 fully saturated rings. The monoisotopic (exact) mass is 429 g/mol. The number of piperazine rings is 1. The van der Waals surface area contributed by atoms with E-state index in [2.05, 4.69) is 46.2 Å². The van der Waals surface area contributed by atoms with Crippen LogP contribution in [0.1, 0.15) is 36.8 Å². The Kier molecular flexibility index (Phi) is 6.20. The van der Waals surface area contributed by atoms with Crippen molar-refractivity contribution < 1.29 is 14.6 Å². The maximum absolute atomic E-state index is 12.8. The van der Waals surface area contributed by atoms with Crippen molar-refractivity contribution in [2.75, 3.05) is 26.2 Å². The van der Waals surface area contributed by atoms with Crippen LogP contribution < -0.4 is 5.32 Å². The maximum atomic E-state index is 12.8. The Labute approximate surface area is 188 Å². The number of hydrogen-bond acceptors (Lipinski definition) is 4. The second-order valence-electron chi connectivity index (χ2n) is 8.76. The molecule has 6 heteroatoms. The van der Waals surface area contributed by atoms with Gasteiger partial charge in [-0.2, -0.15) is 0 Å². The van der Waals surface area contributed by atoms with E-state index in [0.29, 0.717) is 30.4 Å². The van der Waals surface area contributed by atoms with E-state index in [9.17, 15) is 4.79 Å². The minimum absolute atomic E-state index is 0.00659. The van der Waals surface area contributed by atoms with E-state index in [1.807, 2.05) is 29.2 Å². The van der Waals surface area contributed by atoms with Crippen LogP contribution in [0.3, 0.4) is 0 Å². The third-order valence-corrected chi connectivity index (χ3v) is 6.46. The molecule has 2 aliphatic rings. The fourth-order valence-corrected chi connectivity index (χ4v) is 4.61. The number of urea groups is 1. The second kappa shape index (κ2) is 9.56. The smallest absolute Gasteiger partial charge is 0.351 e. The van der Waals surface area contributed by atoms with Crippen molar-refractivity contribution in [1.82, 2.24) is 15.0 Å². The average molecular weight is 430 g/mol. The molecule has 0 atom stereocenters. The van der Waals surface area contributed by atoms with Crippen LogP contribution in [0.4, 0.5) is 10.6 Å². The molecule has 2 N–H and O–H groups in total. The molecule has 5 rings (SSSR count). The molecule has 1 aliphatic heterocycles. The Bertz CT molecular complexity index is 1150. The van der Waals surface area contributed by atoms with Crippen LogP contribution in [0, 0.1) is 17.8 Å². The normalized spacial score (nSPS) is 17.4. The highest BCUT2D eigenvalue weighted by atomic mass is 16.5. The van der Waals surface area contributed by atoms with E-state index in [1.54, 1.807) is 5.32 Å². The molecule has 1 aliphatic carbocycles. The Balaban J connectivity index is 1.14. The summed E-state index contributed by atoms with van der Waals surface area (Å²) >= 11 is 0. The Morgan fingerprint density at radius 2 is 1.88 bits per heavy atom. The van der Waals surface area contributed by atoms with E-state index >= 15 is 0 Å². The molecule has 6 nitrogen and oxygen atoms in total. The molecule has 164 valence electrons. The number of carbonyl (C=O) groups is 1. The fraction of sp³-hybridized carbons (Fsp3) is 0.385. The van der Waals surface area contributed by atoms with Crippen LogP contribution in [-0.4, -0.2) is 47.2 Å². The first-order chi connectivity index (χ1) is 15.7. The number of aromatic nitrogens is 1. The first-order valence-electron chi connectivity index (χ1n) is 11.6. The van der Waals surface area contributed by atoms with Crippen LogP contribution >= 0.6 is 0 Å². The Morgan fingerprint density at radius 3 is 2.72 bits per heavy atom. The average Bonchev–Trinajstić information content (AvgIpc) is 3.49. The first kappa shape index (κ1) is 20.7. The third kappa shape index (κ3) is 4.85. The first-order valence-corrected chi connectivity index (χ1v) is 11.6. The Hall–Kier alpha value is -3.14. The minimum atomic E-state index is -0.00659. The van der Waals surface area contributed by atoms with Crippen LogP contribution in [0.2, 0.25) is 0 Å². The number of benzene rings is 2. The lowest BCUT2D eigenvalue weighted by atomic mass is 10.1. The molecule has 2 amide bonds. The summed E-state index contributed by atoms with van der Waals surface area (Å²) in [5.74, 6) is 8.01. The molecule has 32 heavy (non-hydrogen) atoms. The van der Waals surface area contributed by atoms with Gasteiger partial charge in [-0.05, 0) is 47.8 Å². The van der Waals surface area contributed by atoms with E-state index in [4.69, 9.17) is 4.52 Å². The van der Waals surface area contributed by atoms with Gasteiger partial charge in [-0.1, -0.05) is 48.9 Å². The van der Waals surface area contributed by atoms with Gasteiger partial charge in [0.05, 0.1) is 0 Å². The summed E-state index contributed by atoms with van der Waals surface area (Å²) in [6.07, 6.45) is 5.14. The van der Waals surface area contributed by atoms with Crippen molar-refractivity contribution in [2.45, 2.75) is 32.2 Å². The van der Waals surface area contributed by atoms with Crippen molar-refractivity contribution in [2.24, 2.45) is 5.92 Å². The number of amides is 2. The predicted molar refractivity (Wildman–Crippen MR) is 123 cm³/mol. The molecular formula is C26H29N4O2+. The van der Waals surface area contributed by atoms with Crippen molar-refractivity contribution in [3.63, 3.8) is 0 Å². The lowest BCUT2D eigenvalue weighted by Gasteiger charge is -2.33. The lowest BCUT2D eigenvalue weighted by molar-refractivity contribution is -0.477. The quantitative estimate of drug-likeness (QED) is 0.647. The van der Waals surface area contributed by atoms with Gasteiger partial charge in [-0.15, -0.1) is 0 Å². The summed E-state index contributed by atoms with van der Waals surface area (Å²) in [6, 6.07) is 16.2. The molecule has 1 saturated carbocycles. The SMILES string of the molecule is O=C([NH2+]c1noc2ccccc12)N1CCN(Cc2cccc(C#CC3CCCC3)c2)CC1. The lowest BCUT2D eigenvalue weighted by Crippen LogP contribution is -2.86. The van der Waals surface area contributed by atoms with E-state index < -0.39 is 0 Å². The summed E-state index contributed by atoms with van der Waals surface area (Å²) in [5, 5.41) is 6.51. The highest BCUT2D eigenvalue weighted by Gasteiger charge is 2.26. The summed E-state index contributed by atoms with van der Waals surface area (Å²) in [7, 11) is 0. The Morgan fingerprint density at radius 1 is 1.06 bits per heavy atom. The summed E-state index contributed by atoms with van der Waals surface area (Å²) in [6.45, 7) is 4.03. The molecule has 0 bridgehead atoms. The molecule has 0 radical (unpaired) electrons. The number of fused-ring (bicyclic) bond motifs is 1. The number of carbonyl (C=O) groups excluding carboxylic acids is 1. The highest BCUT2D eigenvalue weighted by molar-refractivity contribution is 5.85. The molecule has 2 aromatic carbocycles. The van der Waals surface area contributed by atoms with E-state index in [0.717, 1.165) is 30.6 Å². The molecule has 3 aromatic rings. The number of rotatable bonds is 3. The minimum Gasteiger partial charge on any atom is -0.351 e. The number of primary amides is 1. The van der Waals surface area contributed by atoms with Gasteiger partial charge >= 0.3 is 6.03 Å². The number of hydrogen-bond donors (Lipinski definition) is 1. The molecule has 0 unspecified atom stereocenters. The second-order valence-corrected chi connectivity index (χ2v) is 8.76. The van der Waals surface area contributed by atoms with Gasteiger partial charge in [0.2, 0.25) is 0 Å². The zero-order valence-corrected chi connectivity index (χ0v) is 18.3. The van der Waals surface area contributed by atoms with Gasteiger partial charge in [-0.25, -0.2) is 10.1 Å². The van der Waals surface area contributed by atoms with Crippen LogP contribution in [-0.2, 0) is 6.54 Å². The van der Waals surface area contributed by atoms with Gasteiger partial charge < -0.3 is 4.52 Å². The molecular weight excluding hydrogens is 400 g/mol. The topological polar surface area (TPSA) is 66.2 Å². The van der Waals surface area contributed by atoms with E-state index in [1.165, 1.54) is 31.2 Å². The molecule has 1 aromatic heterocycles. The van der Waals surface area contributed by atoms with Crippen LogP contribution in [0.5, 0.6) is 0 Å². The third-order valence-electron chi connectivity index (χ3n) is 6.46. The fourth-order valence-electron chi connectivity index (χ4n) is 4.61. The van der Waals surface area contributed by atoms with Crippen LogP contribution in [0.15, 0.2) is 53.1 Å². The van der Waals surface area contributed by atoms with Gasteiger partial charge in [0.15, 0.2) is 5.58 Å². The van der Waals surface area contributed by atoms with Gasteiger partial charge in [-0.3, -0.25) is 9.80 Å². The standard InChI is InChI=1S/C26H28N4O2/c31-26(27-25-23-10-3-4-11-24(23)32-28-25)30-16-14-29(15-17-30)19-22-9-5-8-21(18-22)13-12-20-6-1-2-7-20/h3-5,8-11,18,20H,1-2,6-7,14-17,19H2,(H,27,28,31)/p+1. The molecule has 2 heterocycles. The number of nitrogens with two attached hydrogens (primary N) is 1. The maximum Gasteiger partial charge on any atom is 0.422 e. The summed E-state index contributed by atoms with van der Waals surface area (Å²) in [4.78, 5) is 17.0. The van der Waals surface area contributed by atoms with Crippen molar-refractivity contribution in [3.8, 4) is 11.8 Å². The van der Waals surface area contributed by atoms with Gasteiger partial charge in [0, 0.05) is 44.2 Å². The zero-order chi connectivity index (χ0) is 21.8. The predicted octanol–water partition coefficient (Wildman–Crippen LogP) is 3.50. The van der Waals surface area contributed by atoms with E-state index in [-0.39, 0.29) is 6.03 Å². The number of quaternary nitrogens is 1. The van der Waals surface area contributed by atoms with Gasteiger partial charge in [0.1, 0.15) is 5.39 Å². The van der Waals surface area contributed by atoms with Crippen LogP contribution in [0.25, 0.3) is 11.0 Å². The number of para-hydroxylation sites is 1. The molecule has 0 spiro atoms. The van der Waals surface area contributed by atoms with Crippen molar-refractivity contribution in [3.05, 3.63) is 59.7 Å². The van der Waals surface area contributed by atoms with Gasteiger partial charge in [0.25, 0.3) is 5.82 Å². The van der Waals surface area contributed by atoms with Crippen molar-refractivity contribution >= 4 is 22.8 Å². The molecule has 1 saturated heterocycles. The largest absolute Gasteiger partial charge is 0.422 e.